The average molecular weight is 438 g/mol. The van der Waals surface area contributed by atoms with Crippen molar-refractivity contribution >= 4 is 28.6 Å². The Morgan fingerprint density at radius 2 is 2.16 bits per heavy atom. The number of pyridine rings is 2. The maximum atomic E-state index is 13.3. The summed E-state index contributed by atoms with van der Waals surface area (Å²) in [5, 5.41) is 0.241. The molecule has 0 aromatic carbocycles. The SMILES string of the molecule is CCOC(=O)c1cc2c(=O)n3ccccc3nc2n(C[C@H]2CCCO2)c1=NC(=O)C(C)C. The van der Waals surface area contributed by atoms with Gasteiger partial charge in [-0.3, -0.25) is 14.0 Å². The molecule has 9 nitrogen and oxygen atoms in total. The highest BCUT2D eigenvalue weighted by atomic mass is 16.5. The lowest BCUT2D eigenvalue weighted by molar-refractivity contribution is -0.120. The van der Waals surface area contributed by atoms with Gasteiger partial charge in [0.25, 0.3) is 5.56 Å². The van der Waals surface area contributed by atoms with Crippen molar-refractivity contribution < 1.29 is 19.1 Å². The van der Waals surface area contributed by atoms with Crippen LogP contribution in [0.4, 0.5) is 0 Å². The van der Waals surface area contributed by atoms with Crippen LogP contribution in [-0.4, -0.2) is 45.1 Å². The van der Waals surface area contributed by atoms with Gasteiger partial charge in [-0.1, -0.05) is 19.9 Å². The van der Waals surface area contributed by atoms with Crippen LogP contribution in [0.25, 0.3) is 16.7 Å². The van der Waals surface area contributed by atoms with Gasteiger partial charge in [0.15, 0.2) is 5.49 Å². The third-order valence-corrected chi connectivity index (χ3v) is 5.41. The zero-order valence-electron chi connectivity index (χ0n) is 18.4. The Kier molecular flexibility index (Phi) is 6.18. The van der Waals surface area contributed by atoms with Gasteiger partial charge in [0.2, 0.25) is 5.91 Å². The van der Waals surface area contributed by atoms with Crippen molar-refractivity contribution in [3.8, 4) is 0 Å². The fourth-order valence-corrected chi connectivity index (χ4v) is 3.76. The van der Waals surface area contributed by atoms with Crippen LogP contribution < -0.4 is 11.0 Å². The number of esters is 1. The Balaban J connectivity index is 2.12. The van der Waals surface area contributed by atoms with E-state index in [4.69, 9.17) is 9.47 Å². The van der Waals surface area contributed by atoms with Gasteiger partial charge in [-0.25, -0.2) is 9.78 Å². The Morgan fingerprint density at radius 3 is 2.84 bits per heavy atom. The van der Waals surface area contributed by atoms with Crippen molar-refractivity contribution in [3.05, 3.63) is 51.9 Å². The lowest BCUT2D eigenvalue weighted by Crippen LogP contribution is -2.35. The van der Waals surface area contributed by atoms with Crippen molar-refractivity contribution in [2.45, 2.75) is 46.3 Å². The van der Waals surface area contributed by atoms with E-state index < -0.39 is 5.97 Å². The second kappa shape index (κ2) is 9.04. The van der Waals surface area contributed by atoms with E-state index in [9.17, 15) is 14.4 Å². The van der Waals surface area contributed by atoms with E-state index in [0.717, 1.165) is 12.8 Å². The number of hydrogen-bond donors (Lipinski definition) is 0. The molecule has 0 radical (unpaired) electrons. The van der Waals surface area contributed by atoms with Crippen LogP contribution in [0.5, 0.6) is 0 Å². The van der Waals surface area contributed by atoms with Crippen molar-refractivity contribution in [1.29, 1.82) is 0 Å². The first-order valence-corrected chi connectivity index (χ1v) is 10.8. The molecule has 0 saturated carbocycles. The highest BCUT2D eigenvalue weighted by Gasteiger charge is 2.24. The monoisotopic (exact) mass is 438 g/mol. The normalized spacial score (nSPS) is 16.9. The minimum absolute atomic E-state index is 0.0566. The lowest BCUT2D eigenvalue weighted by Gasteiger charge is -2.18. The van der Waals surface area contributed by atoms with Gasteiger partial charge in [0.1, 0.15) is 16.9 Å². The summed E-state index contributed by atoms with van der Waals surface area (Å²) in [6.07, 6.45) is 3.22. The smallest absolute Gasteiger partial charge is 0.341 e. The Hall–Kier alpha value is -3.33. The first kappa shape index (κ1) is 21.9. The van der Waals surface area contributed by atoms with Crippen molar-refractivity contribution in [1.82, 2.24) is 14.0 Å². The second-order valence-electron chi connectivity index (χ2n) is 8.04. The lowest BCUT2D eigenvalue weighted by atomic mass is 10.1. The zero-order valence-corrected chi connectivity index (χ0v) is 18.4. The van der Waals surface area contributed by atoms with Crippen LogP contribution in [0, 0.1) is 5.92 Å². The summed E-state index contributed by atoms with van der Waals surface area (Å²) in [6, 6.07) is 6.69. The van der Waals surface area contributed by atoms with E-state index >= 15 is 0 Å². The molecular weight excluding hydrogens is 412 g/mol. The summed E-state index contributed by atoms with van der Waals surface area (Å²) in [4.78, 5) is 47.7. The minimum Gasteiger partial charge on any atom is -0.462 e. The number of carbonyl (C=O) groups is 2. The molecule has 9 heteroatoms. The molecule has 0 unspecified atom stereocenters. The van der Waals surface area contributed by atoms with E-state index in [1.165, 1.54) is 10.5 Å². The highest BCUT2D eigenvalue weighted by Crippen LogP contribution is 2.17. The number of nitrogens with zero attached hydrogens (tertiary/aromatic N) is 4. The fourth-order valence-electron chi connectivity index (χ4n) is 3.76. The van der Waals surface area contributed by atoms with Gasteiger partial charge < -0.3 is 14.0 Å². The second-order valence-corrected chi connectivity index (χ2v) is 8.04. The molecule has 0 N–H and O–H groups in total. The van der Waals surface area contributed by atoms with Gasteiger partial charge in [-0.15, -0.1) is 0 Å². The summed E-state index contributed by atoms with van der Waals surface area (Å²) < 4.78 is 14.1. The van der Waals surface area contributed by atoms with E-state index in [2.05, 4.69) is 9.98 Å². The molecule has 4 rings (SSSR count). The van der Waals surface area contributed by atoms with Crippen LogP contribution >= 0.6 is 0 Å². The summed E-state index contributed by atoms with van der Waals surface area (Å²) in [5.74, 6) is -1.40. The largest absolute Gasteiger partial charge is 0.462 e. The quantitative estimate of drug-likeness (QED) is 0.446. The van der Waals surface area contributed by atoms with Crippen molar-refractivity contribution in [2.24, 2.45) is 10.9 Å². The topological polar surface area (TPSA) is 104 Å². The van der Waals surface area contributed by atoms with E-state index in [1.807, 2.05) is 0 Å². The number of fused-ring (bicyclic) bond motifs is 2. The van der Waals surface area contributed by atoms with Crippen LogP contribution in [-0.2, 0) is 20.8 Å². The highest BCUT2D eigenvalue weighted by molar-refractivity contribution is 5.93. The molecule has 1 saturated heterocycles. The molecule has 1 atom stereocenters. The number of hydrogen-bond acceptors (Lipinski definition) is 6. The van der Waals surface area contributed by atoms with Crippen LogP contribution in [0.1, 0.15) is 44.0 Å². The first-order valence-electron chi connectivity index (χ1n) is 10.8. The summed E-state index contributed by atoms with van der Waals surface area (Å²) in [5.41, 5.74) is 0.675. The van der Waals surface area contributed by atoms with Gasteiger partial charge in [-0.05, 0) is 38.0 Å². The number of aromatic nitrogens is 3. The van der Waals surface area contributed by atoms with E-state index in [1.54, 1.807) is 49.7 Å². The van der Waals surface area contributed by atoms with Crippen molar-refractivity contribution in [2.75, 3.05) is 13.2 Å². The Bertz CT molecular complexity index is 1320. The molecule has 3 aromatic heterocycles. The maximum absolute atomic E-state index is 13.3. The molecular formula is C23H26N4O5. The average Bonchev–Trinajstić information content (AvgIpc) is 3.29. The van der Waals surface area contributed by atoms with Gasteiger partial charge in [-0.2, -0.15) is 4.99 Å². The molecule has 3 aromatic rings. The number of rotatable bonds is 5. The predicted octanol–water partition coefficient (Wildman–Crippen LogP) is 2.09. The Labute approximate surface area is 184 Å². The van der Waals surface area contributed by atoms with Gasteiger partial charge >= 0.3 is 5.97 Å². The standard InChI is InChI=1S/C23H26N4O5/c1-4-31-23(30)17-12-16-19(24-18-9-5-6-10-26(18)22(16)29)27(13-15-8-7-11-32-15)20(17)25-21(28)14(2)3/h5-6,9-10,12,14-15H,4,7-8,11,13H2,1-3H3/t15-/m1/s1. The number of ether oxygens (including phenoxy) is 2. The first-order chi connectivity index (χ1) is 15.4. The molecule has 0 aliphatic carbocycles. The summed E-state index contributed by atoms with van der Waals surface area (Å²) >= 11 is 0. The molecule has 0 spiro atoms. The molecule has 1 fully saturated rings. The summed E-state index contributed by atoms with van der Waals surface area (Å²) in [7, 11) is 0. The maximum Gasteiger partial charge on any atom is 0.341 e. The zero-order chi connectivity index (χ0) is 22.8. The van der Waals surface area contributed by atoms with Gasteiger partial charge in [0.05, 0.1) is 24.6 Å². The van der Waals surface area contributed by atoms with Crippen LogP contribution in [0.15, 0.2) is 40.2 Å². The number of carbonyl (C=O) groups excluding carboxylic acids is 2. The molecule has 1 aliphatic heterocycles. The molecule has 32 heavy (non-hydrogen) atoms. The molecule has 4 heterocycles. The minimum atomic E-state index is -0.650. The van der Waals surface area contributed by atoms with Crippen molar-refractivity contribution in [3.63, 3.8) is 0 Å². The van der Waals surface area contributed by atoms with Crippen LogP contribution in [0.2, 0.25) is 0 Å². The Morgan fingerprint density at radius 1 is 1.34 bits per heavy atom. The number of amides is 1. The van der Waals surface area contributed by atoms with Crippen LogP contribution in [0.3, 0.4) is 0 Å². The third-order valence-electron chi connectivity index (χ3n) is 5.41. The molecule has 168 valence electrons. The molecule has 1 amide bonds. The summed E-state index contributed by atoms with van der Waals surface area (Å²) in [6.45, 7) is 6.26. The fraction of sp³-hybridized carbons (Fsp3) is 0.435. The molecule has 0 bridgehead atoms. The molecule has 1 aliphatic rings. The van der Waals surface area contributed by atoms with Gasteiger partial charge in [0, 0.05) is 18.7 Å². The predicted molar refractivity (Wildman–Crippen MR) is 117 cm³/mol. The third kappa shape index (κ3) is 4.08. The van der Waals surface area contributed by atoms with E-state index in [-0.39, 0.29) is 46.5 Å². The van der Waals surface area contributed by atoms with E-state index in [0.29, 0.717) is 24.4 Å².